The molecule has 1 aromatic carbocycles. The third-order valence-corrected chi connectivity index (χ3v) is 5.67. The van der Waals surface area contributed by atoms with Crippen LogP contribution in [0.1, 0.15) is 43.5 Å². The molecule has 2 fully saturated rings. The molecule has 3 rings (SSSR count). The number of carbonyl (C=O) groups is 2. The largest absolute Gasteiger partial charge is 0.378 e. The number of nitrogens with one attached hydrogen (secondary N) is 1. The monoisotopic (exact) mass is 373 g/mol. The lowest BCUT2D eigenvalue weighted by Gasteiger charge is -2.38. The Morgan fingerprint density at radius 3 is 2.37 bits per heavy atom. The smallest absolute Gasteiger partial charge is 0.253 e. The predicted molar refractivity (Wildman–Crippen MR) is 106 cm³/mol. The van der Waals surface area contributed by atoms with E-state index in [0.717, 1.165) is 30.5 Å². The van der Waals surface area contributed by atoms with Gasteiger partial charge in [0.15, 0.2) is 0 Å². The molecule has 2 amide bonds. The first-order chi connectivity index (χ1) is 12.8. The highest BCUT2D eigenvalue weighted by molar-refractivity contribution is 5.94. The lowest BCUT2D eigenvalue weighted by Crippen LogP contribution is -2.47. The number of carbonyl (C=O) groups excluding carboxylic acids is 2. The summed E-state index contributed by atoms with van der Waals surface area (Å²) in [5, 5.41) is 3.08. The number of benzene rings is 1. The van der Waals surface area contributed by atoms with Gasteiger partial charge in [-0.15, -0.1) is 0 Å². The van der Waals surface area contributed by atoms with Crippen LogP contribution in [0.15, 0.2) is 24.3 Å². The van der Waals surface area contributed by atoms with Crippen LogP contribution >= 0.6 is 0 Å². The van der Waals surface area contributed by atoms with Gasteiger partial charge in [0.2, 0.25) is 5.91 Å². The van der Waals surface area contributed by atoms with E-state index in [1.165, 1.54) is 0 Å². The van der Waals surface area contributed by atoms with Gasteiger partial charge in [-0.1, -0.05) is 13.8 Å². The highest BCUT2D eigenvalue weighted by Gasteiger charge is 2.43. The zero-order valence-electron chi connectivity index (χ0n) is 16.8. The number of anilines is 1. The third-order valence-electron chi connectivity index (χ3n) is 5.67. The molecule has 1 N–H and O–H groups in total. The summed E-state index contributed by atoms with van der Waals surface area (Å²) in [6.07, 6.45) is 2.48. The summed E-state index contributed by atoms with van der Waals surface area (Å²) < 4.78 is 6.09. The molecule has 2 aliphatic rings. The average molecular weight is 373 g/mol. The minimum atomic E-state index is -0.194. The second-order valence-electron chi connectivity index (χ2n) is 8.29. The fraction of sp³-hybridized carbons (Fsp3) is 0.619. The highest BCUT2D eigenvalue weighted by Crippen LogP contribution is 2.36. The van der Waals surface area contributed by atoms with E-state index in [2.05, 4.69) is 5.32 Å². The maximum Gasteiger partial charge on any atom is 0.253 e. The molecule has 0 unspecified atom stereocenters. The molecule has 0 bridgehead atoms. The van der Waals surface area contributed by atoms with E-state index >= 15 is 0 Å². The normalized spacial score (nSPS) is 21.5. The fourth-order valence-electron chi connectivity index (χ4n) is 3.86. The standard InChI is InChI=1S/C21H31N3O3/c1-15(2)19(25)22-17-13-21(27-14-17)9-11-24(12-10-21)20(26)16-5-7-18(8-6-16)23(3)4/h5-8,15,17H,9-14H2,1-4H3,(H,22,25)/t17-/m0/s1. The second-order valence-corrected chi connectivity index (χ2v) is 8.29. The molecule has 27 heavy (non-hydrogen) atoms. The zero-order valence-corrected chi connectivity index (χ0v) is 16.8. The van der Waals surface area contributed by atoms with Gasteiger partial charge in [-0.05, 0) is 43.5 Å². The highest BCUT2D eigenvalue weighted by atomic mass is 16.5. The summed E-state index contributed by atoms with van der Waals surface area (Å²) in [7, 11) is 3.97. The molecule has 1 aromatic rings. The number of rotatable bonds is 4. The molecule has 6 nitrogen and oxygen atoms in total. The van der Waals surface area contributed by atoms with Crippen molar-refractivity contribution in [2.75, 3.05) is 38.7 Å². The summed E-state index contributed by atoms with van der Waals surface area (Å²) in [5.74, 6) is 0.146. The van der Waals surface area contributed by atoms with Gasteiger partial charge in [-0.2, -0.15) is 0 Å². The van der Waals surface area contributed by atoms with Gasteiger partial charge in [0.1, 0.15) is 0 Å². The van der Waals surface area contributed by atoms with Crippen molar-refractivity contribution in [1.82, 2.24) is 10.2 Å². The van der Waals surface area contributed by atoms with Crippen LogP contribution in [0.4, 0.5) is 5.69 Å². The molecule has 1 spiro atoms. The van der Waals surface area contributed by atoms with Gasteiger partial charge >= 0.3 is 0 Å². The third kappa shape index (κ3) is 4.43. The van der Waals surface area contributed by atoms with Crippen LogP contribution < -0.4 is 10.2 Å². The van der Waals surface area contributed by atoms with Crippen molar-refractivity contribution >= 4 is 17.5 Å². The zero-order chi connectivity index (χ0) is 19.6. The number of amides is 2. The molecule has 2 saturated heterocycles. The molecular weight excluding hydrogens is 342 g/mol. The quantitative estimate of drug-likeness (QED) is 0.880. The van der Waals surface area contributed by atoms with Gasteiger partial charge in [0.05, 0.1) is 18.2 Å². The Kier molecular flexibility index (Phi) is 5.75. The molecule has 2 aliphatic heterocycles. The van der Waals surface area contributed by atoms with Crippen molar-refractivity contribution in [3.8, 4) is 0 Å². The van der Waals surface area contributed by atoms with Gasteiger partial charge in [0, 0.05) is 44.4 Å². The first-order valence-corrected chi connectivity index (χ1v) is 9.81. The van der Waals surface area contributed by atoms with Gasteiger partial charge in [-0.25, -0.2) is 0 Å². The average Bonchev–Trinajstić information content (AvgIpc) is 3.04. The first kappa shape index (κ1) is 19.7. The van der Waals surface area contributed by atoms with Crippen molar-refractivity contribution in [3.05, 3.63) is 29.8 Å². The Hall–Kier alpha value is -2.08. The van der Waals surface area contributed by atoms with Crippen LogP contribution in [0.25, 0.3) is 0 Å². The summed E-state index contributed by atoms with van der Waals surface area (Å²) >= 11 is 0. The van der Waals surface area contributed by atoms with Crippen molar-refractivity contribution in [2.24, 2.45) is 5.92 Å². The van der Waals surface area contributed by atoms with Gasteiger partial charge in [0.25, 0.3) is 5.91 Å². The van der Waals surface area contributed by atoms with Crippen LogP contribution in [-0.4, -0.2) is 62.1 Å². The molecule has 148 valence electrons. The molecule has 0 aromatic heterocycles. The summed E-state index contributed by atoms with van der Waals surface area (Å²) in [4.78, 5) is 28.6. The van der Waals surface area contributed by atoms with E-state index in [-0.39, 0.29) is 29.4 Å². The number of nitrogens with zero attached hydrogens (tertiary/aromatic N) is 2. The first-order valence-electron chi connectivity index (χ1n) is 9.81. The lowest BCUT2D eigenvalue weighted by molar-refractivity contribution is -0.124. The number of ether oxygens (including phenoxy) is 1. The van der Waals surface area contributed by atoms with E-state index in [0.29, 0.717) is 19.7 Å². The molecule has 2 heterocycles. The fourth-order valence-corrected chi connectivity index (χ4v) is 3.86. The van der Waals surface area contributed by atoms with Crippen LogP contribution in [-0.2, 0) is 9.53 Å². The molecule has 1 atom stereocenters. The lowest BCUT2D eigenvalue weighted by atomic mass is 9.87. The molecule has 0 saturated carbocycles. The summed E-state index contributed by atoms with van der Waals surface area (Å²) in [6.45, 7) is 5.75. The number of hydrogen-bond donors (Lipinski definition) is 1. The SMILES string of the molecule is CC(C)C(=O)N[C@@H]1COC2(CCN(C(=O)c3ccc(N(C)C)cc3)CC2)C1. The predicted octanol–water partition coefficient (Wildman–Crippen LogP) is 2.29. The number of piperidine rings is 1. The van der Waals surface area contributed by atoms with Crippen LogP contribution in [0.5, 0.6) is 0 Å². The molecule has 6 heteroatoms. The van der Waals surface area contributed by atoms with Crippen LogP contribution in [0.2, 0.25) is 0 Å². The van der Waals surface area contributed by atoms with Crippen molar-refractivity contribution < 1.29 is 14.3 Å². The van der Waals surface area contributed by atoms with E-state index in [1.54, 1.807) is 0 Å². The Morgan fingerprint density at radius 2 is 1.81 bits per heavy atom. The Labute approximate surface area is 161 Å². The Balaban J connectivity index is 1.54. The van der Waals surface area contributed by atoms with Gasteiger partial charge in [-0.3, -0.25) is 9.59 Å². The second kappa shape index (κ2) is 7.89. The van der Waals surface area contributed by atoms with Crippen molar-refractivity contribution in [1.29, 1.82) is 0 Å². The molecule has 0 aliphatic carbocycles. The molecule has 0 radical (unpaired) electrons. The number of hydrogen-bond acceptors (Lipinski definition) is 4. The maximum atomic E-state index is 12.8. The molecular formula is C21H31N3O3. The van der Waals surface area contributed by atoms with Crippen molar-refractivity contribution in [3.63, 3.8) is 0 Å². The van der Waals surface area contributed by atoms with Crippen molar-refractivity contribution in [2.45, 2.75) is 44.8 Å². The minimum absolute atomic E-state index is 0.0140. The van der Waals surface area contributed by atoms with E-state index in [4.69, 9.17) is 4.74 Å². The summed E-state index contributed by atoms with van der Waals surface area (Å²) in [5.41, 5.74) is 1.62. The van der Waals surface area contributed by atoms with Crippen LogP contribution in [0, 0.1) is 5.92 Å². The topological polar surface area (TPSA) is 61.9 Å². The van der Waals surface area contributed by atoms with Crippen LogP contribution in [0.3, 0.4) is 0 Å². The van der Waals surface area contributed by atoms with E-state index in [1.807, 2.05) is 62.0 Å². The summed E-state index contributed by atoms with van der Waals surface area (Å²) in [6, 6.07) is 7.82. The van der Waals surface area contributed by atoms with E-state index < -0.39 is 0 Å². The minimum Gasteiger partial charge on any atom is -0.378 e. The number of likely N-dealkylation sites (tertiary alicyclic amines) is 1. The maximum absolute atomic E-state index is 12.8. The Morgan fingerprint density at radius 1 is 1.19 bits per heavy atom. The Bertz CT molecular complexity index is 676. The van der Waals surface area contributed by atoms with Gasteiger partial charge < -0.3 is 19.9 Å². The van der Waals surface area contributed by atoms with E-state index in [9.17, 15) is 9.59 Å².